The molecule has 50 heavy (non-hydrogen) atoms. The molecule has 1 aliphatic rings. The molecule has 1 aliphatic heterocycles. The summed E-state index contributed by atoms with van der Waals surface area (Å²) in [6.07, 6.45) is -1.52. The molecule has 0 fully saturated rings. The molecule has 0 saturated heterocycles. The van der Waals surface area contributed by atoms with Crippen LogP contribution in [0.4, 0.5) is 10.1 Å². The Morgan fingerprint density at radius 3 is 2.46 bits per heavy atom. The summed E-state index contributed by atoms with van der Waals surface area (Å²) < 4.78 is 33.1. The first kappa shape index (κ1) is 36.8. The van der Waals surface area contributed by atoms with Gasteiger partial charge >= 0.3 is 0 Å². The van der Waals surface area contributed by atoms with Crippen LogP contribution in [-0.2, 0) is 27.4 Å². The van der Waals surface area contributed by atoms with Gasteiger partial charge in [-0.25, -0.2) is 4.39 Å². The van der Waals surface area contributed by atoms with E-state index in [9.17, 15) is 14.0 Å². The molecule has 2 amide bonds. The molecule has 2 N–H and O–H groups in total. The van der Waals surface area contributed by atoms with E-state index in [0.29, 0.717) is 52.1 Å². The van der Waals surface area contributed by atoms with E-state index in [1.807, 2.05) is 63.2 Å². The quantitative estimate of drug-likeness (QED) is 0.132. The highest BCUT2D eigenvalue weighted by atomic mass is 35.5. The first-order valence-electron chi connectivity index (χ1n) is 16.8. The number of rotatable bonds is 14. The third-order valence-corrected chi connectivity index (χ3v) is 8.50. The molecule has 2 unspecified atom stereocenters. The summed E-state index contributed by atoms with van der Waals surface area (Å²) in [5.74, 6) is -0.242. The summed E-state index contributed by atoms with van der Waals surface area (Å²) in [7, 11) is 1.56. The average molecular weight is 702 g/mol. The van der Waals surface area contributed by atoms with Crippen LogP contribution in [0.5, 0.6) is 11.5 Å². The number of anilines is 1. The maximum absolute atomic E-state index is 14.3. The number of halogens is 2. The minimum Gasteiger partial charge on any atom is -0.492 e. The van der Waals surface area contributed by atoms with Gasteiger partial charge in [-0.15, -0.1) is 0 Å². The third kappa shape index (κ3) is 9.62. The molecule has 0 bridgehead atoms. The summed E-state index contributed by atoms with van der Waals surface area (Å²) >= 11 is 6.57. The molecule has 5 rings (SSSR count). The van der Waals surface area contributed by atoms with E-state index in [4.69, 9.17) is 25.8 Å². The number of methoxy groups -OCH3 is 1. The Labute approximate surface area is 298 Å². The Bertz CT molecular complexity index is 1760. The van der Waals surface area contributed by atoms with Gasteiger partial charge in [0.05, 0.1) is 20.1 Å². The molecule has 264 valence electrons. The number of carbonyl (C=O) groups is 2. The normalized spacial score (nSPS) is 16.0. The summed E-state index contributed by atoms with van der Waals surface area (Å²) in [6, 6.07) is 27.3. The fourth-order valence-electron chi connectivity index (χ4n) is 5.94. The molecular weight excluding hydrogens is 657 g/mol. The molecular formula is C40H45ClFN3O5. The number of ether oxygens (including phenoxy) is 3. The molecule has 0 aromatic heterocycles. The SMILES string of the molecule is COc1c(OCCCNCc2ccccc2)cccc1C1OC(CC(=O)NCc2ccccc2F)C(=O)N(CC(C)(C)C)c2ccc(Cl)cc21. The Morgan fingerprint density at radius 2 is 1.72 bits per heavy atom. The van der Waals surface area contributed by atoms with Crippen molar-refractivity contribution < 1.29 is 28.2 Å². The van der Waals surface area contributed by atoms with Crippen molar-refractivity contribution in [2.24, 2.45) is 5.41 Å². The lowest BCUT2D eigenvalue weighted by Crippen LogP contribution is -2.45. The van der Waals surface area contributed by atoms with Gasteiger partial charge < -0.3 is 29.7 Å². The molecule has 4 aromatic rings. The predicted molar refractivity (Wildman–Crippen MR) is 194 cm³/mol. The van der Waals surface area contributed by atoms with Gasteiger partial charge in [0.1, 0.15) is 18.0 Å². The fraction of sp³-hybridized carbons (Fsp3) is 0.350. The van der Waals surface area contributed by atoms with Gasteiger partial charge in [0.15, 0.2) is 11.5 Å². The highest BCUT2D eigenvalue weighted by Gasteiger charge is 2.40. The number of hydrogen-bond acceptors (Lipinski definition) is 6. The molecule has 0 radical (unpaired) electrons. The zero-order chi connectivity index (χ0) is 35.7. The van der Waals surface area contributed by atoms with Crippen molar-refractivity contribution in [1.82, 2.24) is 10.6 Å². The summed E-state index contributed by atoms with van der Waals surface area (Å²) in [5.41, 5.74) is 3.18. The second kappa shape index (κ2) is 17.0. The van der Waals surface area contributed by atoms with Crippen LogP contribution < -0.4 is 25.0 Å². The van der Waals surface area contributed by atoms with Gasteiger partial charge in [-0.05, 0) is 54.3 Å². The molecule has 4 aromatic carbocycles. The van der Waals surface area contributed by atoms with E-state index in [2.05, 4.69) is 22.8 Å². The number of carbonyl (C=O) groups excluding carboxylic acids is 2. The van der Waals surface area contributed by atoms with Gasteiger partial charge in [0, 0.05) is 47.0 Å². The number of nitrogens with zero attached hydrogens (tertiary/aromatic N) is 1. The van der Waals surface area contributed by atoms with E-state index in [1.54, 1.807) is 42.3 Å². The van der Waals surface area contributed by atoms with Gasteiger partial charge in [0.25, 0.3) is 5.91 Å². The number of benzene rings is 4. The topological polar surface area (TPSA) is 89.1 Å². The monoisotopic (exact) mass is 701 g/mol. The molecule has 0 aliphatic carbocycles. The van der Waals surface area contributed by atoms with Gasteiger partial charge in [-0.2, -0.15) is 0 Å². The van der Waals surface area contributed by atoms with E-state index in [-0.39, 0.29) is 24.3 Å². The lowest BCUT2D eigenvalue weighted by Gasteiger charge is -2.31. The first-order chi connectivity index (χ1) is 24.0. The van der Waals surface area contributed by atoms with E-state index in [0.717, 1.165) is 19.5 Å². The zero-order valence-corrected chi connectivity index (χ0v) is 29.8. The number of amides is 2. The maximum atomic E-state index is 14.3. The van der Waals surface area contributed by atoms with Crippen molar-refractivity contribution in [2.75, 3.05) is 31.7 Å². The third-order valence-electron chi connectivity index (χ3n) is 8.27. The standard InChI is InChI=1S/C40H45ClFN3O5/c1-40(2,3)26-45-33-19-18-29(41)22-31(33)37(50-35(39(45)47)23-36(46)44-25-28-14-8-9-16-32(28)42)30-15-10-17-34(38(30)48-4)49-21-11-20-43-24-27-12-6-5-7-13-27/h5-10,12-19,22,35,37,43H,11,20-21,23-26H2,1-4H3,(H,44,46). The van der Waals surface area contributed by atoms with Crippen LogP contribution in [0.15, 0.2) is 91.0 Å². The Morgan fingerprint density at radius 1 is 0.960 bits per heavy atom. The van der Waals surface area contributed by atoms with Gasteiger partial charge in [-0.1, -0.05) is 93.0 Å². The maximum Gasteiger partial charge on any atom is 0.256 e. The lowest BCUT2D eigenvalue weighted by atomic mass is 9.94. The second-order valence-corrected chi connectivity index (χ2v) is 13.9. The van der Waals surface area contributed by atoms with Crippen molar-refractivity contribution in [3.8, 4) is 11.5 Å². The summed E-state index contributed by atoms with van der Waals surface area (Å²) in [4.78, 5) is 29.3. The highest BCUT2D eigenvalue weighted by Crippen LogP contribution is 2.45. The Kier molecular flexibility index (Phi) is 12.5. The molecule has 8 nitrogen and oxygen atoms in total. The van der Waals surface area contributed by atoms with Crippen molar-refractivity contribution >= 4 is 29.1 Å². The minimum absolute atomic E-state index is 0.0215. The number of para-hydroxylation sites is 1. The van der Waals surface area contributed by atoms with Crippen LogP contribution in [-0.4, -0.2) is 44.7 Å². The second-order valence-electron chi connectivity index (χ2n) is 13.5. The number of fused-ring (bicyclic) bond motifs is 1. The smallest absolute Gasteiger partial charge is 0.256 e. The highest BCUT2D eigenvalue weighted by molar-refractivity contribution is 6.30. The van der Waals surface area contributed by atoms with Gasteiger partial charge in [-0.3, -0.25) is 9.59 Å². The molecule has 0 spiro atoms. The Hall–Kier alpha value is -4.44. The predicted octanol–water partition coefficient (Wildman–Crippen LogP) is 7.62. The van der Waals surface area contributed by atoms with Crippen LogP contribution >= 0.6 is 11.6 Å². The first-order valence-corrected chi connectivity index (χ1v) is 17.2. The largest absolute Gasteiger partial charge is 0.492 e. The molecule has 10 heteroatoms. The molecule has 2 atom stereocenters. The van der Waals surface area contributed by atoms with Crippen molar-refractivity contribution in [2.45, 2.75) is 58.9 Å². The van der Waals surface area contributed by atoms with E-state index in [1.165, 1.54) is 11.6 Å². The molecule has 0 saturated carbocycles. The van der Waals surface area contributed by atoms with E-state index < -0.39 is 23.9 Å². The van der Waals surface area contributed by atoms with Crippen molar-refractivity contribution in [3.63, 3.8) is 0 Å². The number of hydrogen-bond donors (Lipinski definition) is 2. The van der Waals surface area contributed by atoms with Crippen molar-refractivity contribution in [1.29, 1.82) is 0 Å². The zero-order valence-electron chi connectivity index (χ0n) is 29.0. The minimum atomic E-state index is -1.17. The summed E-state index contributed by atoms with van der Waals surface area (Å²) in [6.45, 7) is 8.44. The van der Waals surface area contributed by atoms with Crippen LogP contribution in [0, 0.1) is 11.2 Å². The summed E-state index contributed by atoms with van der Waals surface area (Å²) in [5, 5.41) is 6.66. The lowest BCUT2D eigenvalue weighted by molar-refractivity contribution is -0.138. The van der Waals surface area contributed by atoms with Gasteiger partial charge in [0.2, 0.25) is 5.91 Å². The van der Waals surface area contributed by atoms with Crippen LogP contribution in [0.1, 0.15) is 62.0 Å². The fourth-order valence-corrected chi connectivity index (χ4v) is 6.12. The van der Waals surface area contributed by atoms with Crippen LogP contribution in [0.3, 0.4) is 0 Å². The molecule has 1 heterocycles. The van der Waals surface area contributed by atoms with Crippen molar-refractivity contribution in [3.05, 3.63) is 124 Å². The van der Waals surface area contributed by atoms with Crippen LogP contribution in [0.25, 0.3) is 0 Å². The van der Waals surface area contributed by atoms with Crippen LogP contribution in [0.2, 0.25) is 5.02 Å². The van der Waals surface area contributed by atoms with E-state index >= 15 is 0 Å². The average Bonchev–Trinajstić information content (AvgIpc) is 3.19. The number of nitrogens with one attached hydrogen (secondary N) is 2. The Balaban J connectivity index is 1.41.